The first-order valence-electron chi connectivity index (χ1n) is 9.45. The molecule has 0 radical (unpaired) electrons. The van der Waals surface area contributed by atoms with E-state index in [0.717, 1.165) is 42.5 Å². The molecule has 15 nitrogen and oxygen atoms in total. The predicted octanol–water partition coefficient (Wildman–Crippen LogP) is -7.97. The fourth-order valence-corrected chi connectivity index (χ4v) is 5.60. The van der Waals surface area contributed by atoms with Gasteiger partial charge in [-0.25, -0.2) is 33.7 Å². The third-order valence-corrected chi connectivity index (χ3v) is 8.45. The minimum atomic E-state index is -5.29. The van der Waals surface area contributed by atoms with Gasteiger partial charge in [0.15, 0.2) is 15.6 Å². The summed E-state index contributed by atoms with van der Waals surface area (Å²) in [6.07, 6.45) is 0. The number of benzene rings is 3. The van der Waals surface area contributed by atoms with Gasteiger partial charge in [-0.15, -0.1) is 5.11 Å². The summed E-state index contributed by atoms with van der Waals surface area (Å²) >= 11 is 0. The maximum absolute atomic E-state index is 12.2. The summed E-state index contributed by atoms with van der Waals surface area (Å²) in [5.74, 6) is -1.70. The number of aromatic hydroxyl groups is 1. The van der Waals surface area contributed by atoms with Crippen LogP contribution in [0.2, 0.25) is 0 Å². The van der Waals surface area contributed by atoms with Gasteiger partial charge in [-0.3, -0.25) is 4.18 Å². The van der Waals surface area contributed by atoms with Crippen molar-refractivity contribution in [1.29, 1.82) is 0 Å². The average Bonchev–Trinajstić information content (AvgIpc) is 2.76. The topological polar surface area (TPSA) is 260 Å². The van der Waals surface area contributed by atoms with Crippen molar-refractivity contribution in [3.8, 4) is 5.75 Å². The van der Waals surface area contributed by atoms with Crippen molar-refractivity contribution >= 4 is 62.6 Å². The zero-order valence-electron chi connectivity index (χ0n) is 20.9. The maximum atomic E-state index is 12.2. The molecule has 3 aromatic carbocycles. The molecule has 0 aliphatic heterocycles. The van der Waals surface area contributed by atoms with E-state index in [1.807, 2.05) is 0 Å². The Kier molecular flexibility index (Phi) is 15.1. The zero-order valence-corrected chi connectivity index (χ0v) is 30.2. The maximum Gasteiger partial charge on any atom is 1.00 e. The Morgan fingerprint density at radius 3 is 1.77 bits per heavy atom. The molecule has 0 atom stereocenters. The number of azo groups is 1. The number of sulfone groups is 1. The first-order valence-corrected chi connectivity index (χ1v) is 15.2. The van der Waals surface area contributed by atoms with Gasteiger partial charge in [0.2, 0.25) is 10.4 Å². The van der Waals surface area contributed by atoms with Crippen molar-refractivity contribution in [2.45, 2.75) is 14.7 Å². The van der Waals surface area contributed by atoms with Crippen LogP contribution in [-0.2, 0) is 44.7 Å². The van der Waals surface area contributed by atoms with Crippen LogP contribution in [-0.4, -0.2) is 64.8 Å². The Bertz CT molecular complexity index is 1850. The Labute approximate surface area is 295 Å². The monoisotopic (exact) mass is 662 g/mol. The molecule has 22 heteroatoms. The molecule has 0 aliphatic rings. The summed E-state index contributed by atoms with van der Waals surface area (Å²) in [5, 5.41) is 17.3. The fourth-order valence-electron chi connectivity index (χ4n) is 2.96. The molecule has 0 aliphatic carbocycles. The number of rotatable bonds is 9. The molecule has 0 saturated heterocycles. The normalized spacial score (nSPS) is 12.4. The Hall–Kier alpha value is -0.0400. The van der Waals surface area contributed by atoms with E-state index < -0.39 is 74.1 Å². The number of phenols is 1. The summed E-state index contributed by atoms with van der Waals surface area (Å²) in [5.41, 5.74) is -0.869. The van der Waals surface area contributed by atoms with Crippen molar-refractivity contribution in [3.05, 3.63) is 48.5 Å². The van der Waals surface area contributed by atoms with Crippen LogP contribution in [0.5, 0.6) is 5.75 Å². The smallest absolute Gasteiger partial charge is 0.744 e. The van der Waals surface area contributed by atoms with Gasteiger partial charge < -0.3 is 18.8 Å². The molecule has 0 saturated carbocycles. The molecule has 1 N–H and O–H groups in total. The zero-order chi connectivity index (χ0) is 27.8. The van der Waals surface area contributed by atoms with Gasteiger partial charge in [0.05, 0.1) is 32.7 Å². The quantitative estimate of drug-likeness (QED) is 0.0967. The minimum Gasteiger partial charge on any atom is -0.744 e. The first-order chi connectivity index (χ1) is 16.9. The van der Waals surface area contributed by atoms with E-state index in [4.69, 9.17) is 0 Å². The standard InChI is InChI=1S/C18H16N2O13S4.3Na/c21-18-15-6-5-14(35(24,25)26)9-11(15)10-16(36(27,28)29)17(18)20-19-12-1-3-13(4-2-12)34(22,23)8-7-33-37(30,31)32;;;/h1-6,9-10,21H,7-8H2,(H,24,25,26)(H,27,28,29)(H,30,31,32);;;/q;3*+1/p-3. The van der Waals surface area contributed by atoms with Gasteiger partial charge in [-0.2, -0.15) is 5.11 Å². The second-order valence-electron chi connectivity index (χ2n) is 7.11. The van der Waals surface area contributed by atoms with Crippen molar-refractivity contribution in [2.24, 2.45) is 10.2 Å². The SMILES string of the molecule is O=S(=O)([O-])OCCS(=O)(=O)c1ccc(N=Nc2c(S(=O)(=O)[O-])cc3cc(S(=O)(=O)[O-])ccc3c2O)cc1.[Na+].[Na+].[Na+]. The summed E-state index contributed by atoms with van der Waals surface area (Å²) in [6, 6.07) is 7.61. The van der Waals surface area contributed by atoms with Crippen molar-refractivity contribution in [1.82, 2.24) is 0 Å². The molecular formula is C18H13N2Na3O13S4. The molecule has 0 bridgehead atoms. The Balaban J connectivity index is 0.00000507. The molecule has 0 fully saturated rings. The molecule has 3 aromatic rings. The molecule has 40 heavy (non-hydrogen) atoms. The molecule has 0 heterocycles. The van der Waals surface area contributed by atoms with E-state index in [1.165, 1.54) is 0 Å². The third kappa shape index (κ3) is 10.6. The molecule has 0 unspecified atom stereocenters. The van der Waals surface area contributed by atoms with E-state index >= 15 is 0 Å². The van der Waals surface area contributed by atoms with E-state index in [-0.39, 0.29) is 110 Å². The second-order valence-corrected chi connectivity index (χ2v) is 13.0. The van der Waals surface area contributed by atoms with Crippen molar-refractivity contribution in [3.63, 3.8) is 0 Å². The van der Waals surface area contributed by atoms with Crippen LogP contribution in [0.4, 0.5) is 11.4 Å². The van der Waals surface area contributed by atoms with Gasteiger partial charge in [0.1, 0.15) is 25.9 Å². The molecule has 0 amide bonds. The number of phenolic OH excluding ortho intramolecular Hbond substituents is 1. The van der Waals surface area contributed by atoms with E-state index in [1.54, 1.807) is 0 Å². The van der Waals surface area contributed by atoms with Crippen LogP contribution in [0, 0.1) is 0 Å². The Morgan fingerprint density at radius 1 is 0.725 bits per heavy atom. The third-order valence-electron chi connectivity index (χ3n) is 4.62. The van der Waals surface area contributed by atoms with E-state index in [9.17, 15) is 52.4 Å². The van der Waals surface area contributed by atoms with Crippen LogP contribution in [0.1, 0.15) is 0 Å². The van der Waals surface area contributed by atoms with Gasteiger partial charge in [-0.1, -0.05) is 0 Å². The van der Waals surface area contributed by atoms with Crippen molar-refractivity contribution < 1.29 is 145 Å². The molecule has 0 aromatic heterocycles. The van der Waals surface area contributed by atoms with Gasteiger partial charge in [0, 0.05) is 5.39 Å². The van der Waals surface area contributed by atoms with Crippen molar-refractivity contribution in [2.75, 3.05) is 12.4 Å². The average molecular weight is 663 g/mol. The molecular weight excluding hydrogens is 649 g/mol. The van der Waals surface area contributed by atoms with E-state index in [0.29, 0.717) is 6.07 Å². The van der Waals surface area contributed by atoms with Crippen LogP contribution < -0.4 is 88.7 Å². The number of fused-ring (bicyclic) bond motifs is 1. The summed E-state index contributed by atoms with van der Waals surface area (Å²) in [4.78, 5) is -2.12. The largest absolute Gasteiger partial charge is 1.00 e. The van der Waals surface area contributed by atoms with Crippen LogP contribution in [0.3, 0.4) is 0 Å². The van der Waals surface area contributed by atoms with Gasteiger partial charge >= 0.3 is 88.7 Å². The fraction of sp³-hybridized carbons (Fsp3) is 0.111. The predicted molar refractivity (Wildman–Crippen MR) is 120 cm³/mol. The molecule has 200 valence electrons. The number of hydrogen-bond donors (Lipinski definition) is 1. The first kappa shape index (κ1) is 40.0. The Morgan fingerprint density at radius 2 is 1.27 bits per heavy atom. The summed E-state index contributed by atoms with van der Waals surface area (Å²) < 4.78 is 129. The van der Waals surface area contributed by atoms with Gasteiger partial charge in [0.25, 0.3) is 0 Å². The summed E-state index contributed by atoms with van der Waals surface area (Å²) in [7, 11) is -19.4. The summed E-state index contributed by atoms with van der Waals surface area (Å²) in [6.45, 7) is -0.911. The second kappa shape index (κ2) is 15.1. The van der Waals surface area contributed by atoms with E-state index in [2.05, 4.69) is 14.4 Å². The van der Waals surface area contributed by atoms with Crippen LogP contribution in [0.15, 0.2) is 73.4 Å². The van der Waals surface area contributed by atoms with Gasteiger partial charge in [-0.05, 0) is 53.9 Å². The number of hydrogen-bond acceptors (Lipinski definition) is 15. The van der Waals surface area contributed by atoms with Crippen LogP contribution >= 0.6 is 0 Å². The van der Waals surface area contributed by atoms with Crippen LogP contribution in [0.25, 0.3) is 10.8 Å². The number of nitrogens with zero attached hydrogens (tertiary/aromatic N) is 2. The minimum absolute atomic E-state index is 0. The molecule has 3 rings (SSSR count). The molecule has 0 spiro atoms.